The molecule has 0 aliphatic rings. The molecule has 0 spiro atoms. The van der Waals surface area contributed by atoms with E-state index in [1.165, 1.54) is 0 Å². The van der Waals surface area contributed by atoms with Gasteiger partial charge in [0, 0.05) is 0 Å². The molecule has 8 heteroatoms. The van der Waals surface area contributed by atoms with E-state index >= 15 is 0 Å². The van der Waals surface area contributed by atoms with E-state index in [2.05, 4.69) is 31.0 Å². The van der Waals surface area contributed by atoms with Crippen molar-refractivity contribution >= 4 is 53.1 Å². The quantitative estimate of drug-likeness (QED) is 0.238. The second-order valence-corrected chi connectivity index (χ2v) is 20.7. The molecule has 1 unspecified atom stereocenters. The Morgan fingerprint density at radius 1 is 1.00 bits per heavy atom. The maximum absolute atomic E-state index is 10.00. The van der Waals surface area contributed by atoms with E-state index in [1.54, 1.807) is 6.07 Å². The molecule has 0 saturated heterocycles. The predicted octanol–water partition coefficient (Wildman–Crippen LogP) is 5.41. The molecule has 1 atom stereocenters. The standard InChI is InChI=1S/C14H12N2O3.3C2H5.H2O.2Sn/c1-9-6-7-13(17)12(8-9)16-15-11-5-3-2-4-10(11)14(18)19;3*1-2;;;/h2-8,14,17H,1H3;3*1H2,2H3;1H2;;/q-2;;;;;2*+1. The van der Waals surface area contributed by atoms with Gasteiger partial charge in [0.2, 0.25) is 0 Å². The fourth-order valence-corrected chi connectivity index (χ4v) is 11.8. The Bertz CT molecular complexity index is 774. The molecular weight excluding hydrogens is 570 g/mol. The Kier molecular flexibility index (Phi) is 11.0. The Morgan fingerprint density at radius 3 is 2.21 bits per heavy atom. The number of nitrogens with zero attached hydrogens (tertiary/aromatic N) is 2. The van der Waals surface area contributed by atoms with E-state index in [0.717, 1.165) is 47.4 Å². The van der Waals surface area contributed by atoms with E-state index in [4.69, 9.17) is 6.15 Å². The van der Waals surface area contributed by atoms with Crippen LogP contribution in [-0.4, -0.2) is 52.3 Å². The maximum Gasteiger partial charge on any atom is -0.412 e. The third-order valence-corrected chi connectivity index (χ3v) is 18.7. The van der Waals surface area contributed by atoms with Gasteiger partial charge in [-0.05, 0) is 0 Å². The van der Waals surface area contributed by atoms with Crippen molar-refractivity contribution in [3.05, 3.63) is 53.6 Å². The largest absolute Gasteiger partial charge is 0.412 e. The van der Waals surface area contributed by atoms with Gasteiger partial charge in [0.25, 0.3) is 0 Å². The fraction of sp³-hybridized carbons (Fsp3) is 0.400. The van der Waals surface area contributed by atoms with Crippen LogP contribution in [-0.2, 0) is 6.15 Å². The van der Waals surface area contributed by atoms with Crippen molar-refractivity contribution in [3.63, 3.8) is 0 Å². The van der Waals surface area contributed by atoms with Gasteiger partial charge in [0.15, 0.2) is 0 Å². The van der Waals surface area contributed by atoms with Gasteiger partial charge in [-0.15, -0.1) is 0 Å². The van der Waals surface area contributed by atoms with E-state index < -0.39 is 25.1 Å². The van der Waals surface area contributed by atoms with Crippen LogP contribution in [0, 0.1) is 6.92 Å². The van der Waals surface area contributed by atoms with Gasteiger partial charge in [0.05, 0.1) is 0 Å². The molecule has 2 aromatic carbocycles. The number of phenolic OH excluding ortho intramolecular Hbond substituents is 1. The minimum Gasteiger partial charge on any atom is -0.412 e. The van der Waals surface area contributed by atoms with Crippen molar-refractivity contribution in [2.24, 2.45) is 10.2 Å². The minimum atomic E-state index is -2.66. The van der Waals surface area contributed by atoms with E-state index in [1.807, 2.05) is 43.3 Å². The molecule has 3 N–H and O–H groups in total. The summed E-state index contributed by atoms with van der Waals surface area (Å²) >= 11 is -1.70. The van der Waals surface area contributed by atoms with Crippen molar-refractivity contribution in [2.45, 2.75) is 47.3 Å². The van der Waals surface area contributed by atoms with Gasteiger partial charge < -0.3 is 5.48 Å². The van der Waals surface area contributed by atoms with Gasteiger partial charge in [-0.25, -0.2) is 0 Å². The number of phenols is 1. The van der Waals surface area contributed by atoms with Crippen molar-refractivity contribution in [1.82, 2.24) is 0 Å². The summed E-state index contributed by atoms with van der Waals surface area (Å²) < 4.78 is 15.8. The first-order chi connectivity index (χ1) is 13.0. The first-order valence-corrected chi connectivity index (χ1v) is 17.7. The third-order valence-electron chi connectivity index (χ3n) is 4.98. The van der Waals surface area contributed by atoms with Crippen LogP contribution >= 0.6 is 0 Å². The topological polar surface area (TPSA) is 94.9 Å². The van der Waals surface area contributed by atoms with Crippen LogP contribution in [0.25, 0.3) is 0 Å². The summed E-state index contributed by atoms with van der Waals surface area (Å²) in [6.07, 6.45) is -0.403. The molecule has 151 valence electrons. The number of aryl methyl sites for hydroxylation is 1. The van der Waals surface area contributed by atoms with Gasteiger partial charge in [-0.1, -0.05) is 0 Å². The number of aromatic hydroxyl groups is 1. The number of azo groups is 1. The Morgan fingerprint density at radius 2 is 1.61 bits per heavy atom. The molecule has 0 fully saturated rings. The summed E-state index contributed by atoms with van der Waals surface area (Å²) in [5, 5.41) is 18.6. The molecule has 28 heavy (non-hydrogen) atoms. The van der Waals surface area contributed by atoms with Crippen LogP contribution in [0.2, 0.25) is 13.3 Å². The summed E-state index contributed by atoms with van der Waals surface area (Å²) in [7, 11) is 0. The van der Waals surface area contributed by atoms with E-state index in [0.29, 0.717) is 11.4 Å². The fourth-order valence-electron chi connectivity index (χ4n) is 2.98. The average molecular weight is 599 g/mol. The van der Waals surface area contributed by atoms with Crippen LogP contribution in [0.15, 0.2) is 52.7 Å². The average Bonchev–Trinajstić information content (AvgIpc) is 2.71. The molecule has 0 aromatic heterocycles. The van der Waals surface area contributed by atoms with Gasteiger partial charge in [0.1, 0.15) is 0 Å². The number of hydrogen-bond donors (Lipinski definition) is 1. The second-order valence-electron chi connectivity index (χ2n) is 6.56. The normalized spacial score (nSPS) is 12.8. The summed E-state index contributed by atoms with van der Waals surface area (Å²) in [5.74, 6) is 0.115. The van der Waals surface area contributed by atoms with Crippen molar-refractivity contribution in [3.8, 4) is 5.75 Å². The first-order valence-electron chi connectivity index (χ1n) is 9.29. The van der Waals surface area contributed by atoms with Gasteiger partial charge >= 0.3 is 181 Å². The molecule has 0 bridgehead atoms. The molecule has 2 rings (SSSR count). The maximum atomic E-state index is 10.00. The molecular formula is C20H29N2O4Sn2. The number of rotatable bonds is 9. The van der Waals surface area contributed by atoms with Crippen molar-refractivity contribution < 1.29 is 16.7 Å². The Labute approximate surface area is 185 Å². The van der Waals surface area contributed by atoms with Crippen molar-refractivity contribution in [1.29, 1.82) is 0 Å². The second kappa shape index (κ2) is 12.1. The number of benzene rings is 2. The van der Waals surface area contributed by atoms with Gasteiger partial charge in [-0.2, -0.15) is 0 Å². The summed E-state index contributed by atoms with van der Waals surface area (Å²) in [6.45, 7) is 8.65. The Balaban J connectivity index is 0.00000392. The summed E-state index contributed by atoms with van der Waals surface area (Å²) in [5.41, 5.74) is 3.07. The van der Waals surface area contributed by atoms with Crippen LogP contribution in [0.4, 0.5) is 11.4 Å². The van der Waals surface area contributed by atoms with E-state index in [-0.39, 0.29) is 11.2 Å². The SMILES string of the molecule is C[CH2][Sn]([CH2]C)([CH2]C)[O]C([O][Sn])c1ccccc1N=Nc1cc(C)ccc1O.O. The molecule has 0 aliphatic carbocycles. The van der Waals surface area contributed by atoms with Crippen LogP contribution < -0.4 is 0 Å². The number of hydrogen-bond acceptors (Lipinski definition) is 5. The zero-order valence-electron chi connectivity index (χ0n) is 16.9. The van der Waals surface area contributed by atoms with Crippen LogP contribution in [0.3, 0.4) is 0 Å². The molecule has 6 nitrogen and oxygen atoms in total. The smallest absolute Gasteiger partial charge is 0.412 e. The zero-order chi connectivity index (χ0) is 19.9. The monoisotopic (exact) mass is 601 g/mol. The minimum absolute atomic E-state index is 0. The molecule has 0 aliphatic heterocycles. The van der Waals surface area contributed by atoms with Crippen molar-refractivity contribution in [2.75, 3.05) is 0 Å². The summed E-state index contributed by atoms with van der Waals surface area (Å²) in [6, 6.07) is 13.0. The van der Waals surface area contributed by atoms with Crippen LogP contribution in [0.5, 0.6) is 5.75 Å². The van der Waals surface area contributed by atoms with E-state index in [9.17, 15) is 5.11 Å². The molecule has 0 amide bonds. The molecule has 2 aromatic rings. The molecule has 3 radical (unpaired) electrons. The first kappa shape index (κ1) is 25.4. The Hall–Kier alpha value is -0.683. The van der Waals surface area contributed by atoms with Gasteiger partial charge in [-0.3, -0.25) is 0 Å². The summed E-state index contributed by atoms with van der Waals surface area (Å²) in [4.78, 5) is 0. The zero-order valence-corrected chi connectivity index (χ0v) is 22.6. The molecule has 0 heterocycles. The molecule has 0 saturated carbocycles. The van der Waals surface area contributed by atoms with Crippen LogP contribution in [0.1, 0.15) is 38.2 Å². The third kappa shape index (κ3) is 6.41. The predicted molar refractivity (Wildman–Crippen MR) is 115 cm³/mol.